The van der Waals surface area contributed by atoms with E-state index in [0.717, 1.165) is 18.5 Å². The molecule has 27 heavy (non-hydrogen) atoms. The first-order valence-corrected chi connectivity index (χ1v) is 11.9. The summed E-state index contributed by atoms with van der Waals surface area (Å²) in [7, 11) is -2.31. The summed E-state index contributed by atoms with van der Waals surface area (Å²) >= 11 is 0. The van der Waals surface area contributed by atoms with Gasteiger partial charge in [-0.1, -0.05) is 6.92 Å². The largest absolute Gasteiger partial charge is 0.508 e. The molecule has 0 aliphatic rings. The number of rotatable bonds is 12. The van der Waals surface area contributed by atoms with E-state index in [1.165, 1.54) is 24.3 Å². The third kappa shape index (κ3) is 8.88. The highest BCUT2D eigenvalue weighted by atomic mass is 28.4. The molecule has 0 saturated heterocycles. The maximum Gasteiger partial charge on any atom is 0.338 e. The van der Waals surface area contributed by atoms with Gasteiger partial charge in [0.1, 0.15) is 12.4 Å². The Morgan fingerprint density at radius 2 is 1.63 bits per heavy atom. The molecule has 1 aromatic carbocycles. The van der Waals surface area contributed by atoms with Gasteiger partial charge < -0.3 is 23.8 Å². The average Bonchev–Trinajstić information content (AvgIpc) is 2.59. The van der Waals surface area contributed by atoms with Crippen LogP contribution in [0.2, 0.25) is 12.1 Å². The number of phenols is 1. The van der Waals surface area contributed by atoms with Crippen LogP contribution in [0.15, 0.2) is 24.3 Å². The number of hydrogen-bond acceptors (Lipinski definition) is 6. The van der Waals surface area contributed by atoms with E-state index in [9.17, 15) is 15.0 Å². The predicted molar refractivity (Wildman–Crippen MR) is 107 cm³/mol. The van der Waals surface area contributed by atoms with Crippen molar-refractivity contribution in [3.8, 4) is 5.75 Å². The van der Waals surface area contributed by atoms with Gasteiger partial charge in [0, 0.05) is 12.2 Å². The van der Waals surface area contributed by atoms with E-state index in [0.29, 0.717) is 12.0 Å². The molecule has 1 rings (SSSR count). The quantitative estimate of drug-likeness (QED) is 0.409. The molecule has 0 fully saturated rings. The number of phenolic OH excluding ortho intramolecular Hbond substituents is 1. The normalized spacial score (nSPS) is 13.2. The highest BCUT2D eigenvalue weighted by Crippen LogP contribution is 2.25. The molecule has 0 amide bonds. The Morgan fingerprint density at radius 1 is 1.07 bits per heavy atom. The second-order valence-corrected chi connectivity index (χ2v) is 10.8. The van der Waals surface area contributed by atoms with Gasteiger partial charge in [-0.2, -0.15) is 0 Å². The molecule has 154 valence electrons. The summed E-state index contributed by atoms with van der Waals surface area (Å²) in [4.78, 5) is 11.9. The summed E-state index contributed by atoms with van der Waals surface area (Å²) in [5.74, 6) is -0.431. The molecule has 0 aliphatic carbocycles. The Morgan fingerprint density at radius 3 is 2.11 bits per heavy atom. The summed E-state index contributed by atoms with van der Waals surface area (Å²) in [6.45, 7) is 10.1. The monoisotopic (exact) mass is 398 g/mol. The van der Waals surface area contributed by atoms with E-state index in [-0.39, 0.29) is 24.6 Å². The number of aliphatic hydroxyl groups is 1. The maximum atomic E-state index is 11.9. The van der Waals surface area contributed by atoms with Crippen molar-refractivity contribution >= 4 is 14.5 Å². The van der Waals surface area contributed by atoms with Crippen molar-refractivity contribution in [2.24, 2.45) is 0 Å². The van der Waals surface area contributed by atoms with E-state index in [2.05, 4.69) is 6.92 Å². The van der Waals surface area contributed by atoms with Crippen LogP contribution in [-0.4, -0.2) is 49.7 Å². The smallest absolute Gasteiger partial charge is 0.338 e. The van der Waals surface area contributed by atoms with Crippen LogP contribution < -0.4 is 0 Å². The van der Waals surface area contributed by atoms with Gasteiger partial charge in [0.25, 0.3) is 0 Å². The van der Waals surface area contributed by atoms with Crippen LogP contribution in [0.25, 0.3) is 0 Å². The fourth-order valence-corrected chi connectivity index (χ4v) is 6.33. The van der Waals surface area contributed by atoms with Crippen LogP contribution in [0.1, 0.15) is 57.8 Å². The van der Waals surface area contributed by atoms with Crippen molar-refractivity contribution < 1.29 is 28.6 Å². The third-order valence-corrected chi connectivity index (χ3v) is 8.04. The Bertz CT molecular complexity index is 548. The lowest BCUT2D eigenvalue weighted by molar-refractivity contribution is 0.0232. The molecule has 6 nitrogen and oxygen atoms in total. The first-order valence-electron chi connectivity index (χ1n) is 9.67. The predicted octanol–water partition coefficient (Wildman–Crippen LogP) is 4.00. The zero-order valence-electron chi connectivity index (χ0n) is 17.1. The molecule has 0 aromatic heterocycles. The molecule has 0 spiro atoms. The number of hydrogen-bond donors (Lipinski definition) is 2. The van der Waals surface area contributed by atoms with E-state index in [1.807, 2.05) is 27.7 Å². The number of esters is 1. The minimum Gasteiger partial charge on any atom is -0.508 e. The second-order valence-electron chi connectivity index (χ2n) is 7.29. The van der Waals surface area contributed by atoms with Crippen LogP contribution in [-0.2, 0) is 13.6 Å². The molecule has 1 atom stereocenters. The summed E-state index contributed by atoms with van der Waals surface area (Å²) in [5.41, 5.74) is 0.341. The van der Waals surface area contributed by atoms with Gasteiger partial charge in [-0.3, -0.25) is 0 Å². The fourth-order valence-electron chi connectivity index (χ4n) is 2.89. The highest BCUT2D eigenvalue weighted by molar-refractivity contribution is 6.67. The number of ether oxygens (including phenoxy) is 1. The van der Waals surface area contributed by atoms with Gasteiger partial charge in [0.15, 0.2) is 0 Å². The van der Waals surface area contributed by atoms with Gasteiger partial charge in [-0.15, -0.1) is 0 Å². The van der Waals surface area contributed by atoms with Gasteiger partial charge in [0.05, 0.1) is 11.7 Å². The SMILES string of the molecule is CC[Si](CCCC(O)COC(=O)c1ccc(O)cc1)(OC(C)C)OC(C)C. The highest BCUT2D eigenvalue weighted by Gasteiger charge is 2.37. The van der Waals surface area contributed by atoms with Gasteiger partial charge >= 0.3 is 14.5 Å². The van der Waals surface area contributed by atoms with Crippen molar-refractivity contribution in [3.05, 3.63) is 29.8 Å². The van der Waals surface area contributed by atoms with Crippen LogP contribution >= 0.6 is 0 Å². The molecule has 1 aromatic rings. The Balaban J connectivity index is 2.45. The Hall–Kier alpha value is -1.41. The van der Waals surface area contributed by atoms with Crippen LogP contribution in [0.3, 0.4) is 0 Å². The molecule has 0 radical (unpaired) electrons. The van der Waals surface area contributed by atoms with Gasteiger partial charge in [0.2, 0.25) is 0 Å². The molecule has 0 saturated carbocycles. The molecule has 0 aliphatic heterocycles. The zero-order valence-corrected chi connectivity index (χ0v) is 18.1. The number of carbonyl (C=O) groups is 1. The summed E-state index contributed by atoms with van der Waals surface area (Å²) in [6, 6.07) is 7.46. The van der Waals surface area contributed by atoms with Crippen molar-refractivity contribution in [2.75, 3.05) is 6.61 Å². The van der Waals surface area contributed by atoms with E-state index in [1.54, 1.807) is 0 Å². The lowest BCUT2D eigenvalue weighted by Crippen LogP contribution is -2.45. The average molecular weight is 399 g/mol. The fraction of sp³-hybridized carbons (Fsp3) is 0.650. The van der Waals surface area contributed by atoms with Crippen molar-refractivity contribution in [2.45, 2.75) is 77.9 Å². The first-order chi connectivity index (χ1) is 12.7. The lowest BCUT2D eigenvalue weighted by Gasteiger charge is -2.33. The standard InChI is InChI=1S/C20H34O6Si/c1-6-27(25-15(2)3,26-16(4)5)13-7-8-19(22)14-24-20(23)17-9-11-18(21)12-10-17/h9-12,15-16,19,21-22H,6-8,13-14H2,1-5H3. The Kier molecular flexibility index (Phi) is 10.0. The number of benzene rings is 1. The topological polar surface area (TPSA) is 85.2 Å². The number of aromatic hydroxyl groups is 1. The minimum absolute atomic E-state index is 0.0591. The van der Waals surface area contributed by atoms with Gasteiger partial charge in [-0.05, 0) is 76.9 Å². The molecular formula is C20H34O6Si. The zero-order chi connectivity index (χ0) is 20.4. The number of aliphatic hydroxyl groups excluding tert-OH is 1. The third-order valence-electron chi connectivity index (χ3n) is 4.04. The van der Waals surface area contributed by atoms with Crippen LogP contribution in [0.5, 0.6) is 5.75 Å². The first kappa shape index (κ1) is 23.6. The summed E-state index contributed by atoms with van der Waals surface area (Å²) in [5, 5.41) is 19.4. The molecular weight excluding hydrogens is 364 g/mol. The lowest BCUT2D eigenvalue weighted by atomic mass is 10.2. The van der Waals surface area contributed by atoms with Crippen LogP contribution in [0.4, 0.5) is 0 Å². The second kappa shape index (κ2) is 11.4. The molecule has 2 N–H and O–H groups in total. The van der Waals surface area contributed by atoms with Crippen molar-refractivity contribution in [1.82, 2.24) is 0 Å². The van der Waals surface area contributed by atoms with Crippen molar-refractivity contribution in [3.63, 3.8) is 0 Å². The molecule has 0 bridgehead atoms. The van der Waals surface area contributed by atoms with E-state index < -0.39 is 20.6 Å². The van der Waals surface area contributed by atoms with E-state index in [4.69, 9.17) is 13.6 Å². The van der Waals surface area contributed by atoms with Crippen LogP contribution in [0, 0.1) is 0 Å². The summed E-state index contributed by atoms with van der Waals surface area (Å²) < 4.78 is 17.5. The summed E-state index contributed by atoms with van der Waals surface area (Å²) in [6.07, 6.45) is 0.739. The molecule has 1 unspecified atom stereocenters. The minimum atomic E-state index is -2.31. The van der Waals surface area contributed by atoms with E-state index >= 15 is 0 Å². The maximum absolute atomic E-state index is 11.9. The van der Waals surface area contributed by atoms with Crippen molar-refractivity contribution in [1.29, 1.82) is 0 Å². The molecule has 7 heteroatoms. The number of carbonyl (C=O) groups excluding carboxylic acids is 1. The Labute approximate surface area is 163 Å². The van der Waals surface area contributed by atoms with Gasteiger partial charge in [-0.25, -0.2) is 4.79 Å². The molecule has 0 heterocycles.